The van der Waals surface area contributed by atoms with Crippen LogP contribution >= 0.6 is 17.0 Å². The Balaban J connectivity index is 0. The summed E-state index contributed by atoms with van der Waals surface area (Å²) in [4.78, 5) is 0. The first-order valence-corrected chi connectivity index (χ1v) is 3.56. The van der Waals surface area contributed by atoms with Crippen molar-refractivity contribution in [2.24, 2.45) is 5.41 Å². The average molecular weight is 195 g/mol. The Morgan fingerprint density at radius 2 is 1.56 bits per heavy atom. The van der Waals surface area contributed by atoms with E-state index >= 15 is 0 Å². The molecule has 58 valence electrons. The van der Waals surface area contributed by atoms with E-state index in [2.05, 4.69) is 27.7 Å². The molecule has 0 aromatic heterocycles. The molecule has 0 bridgehead atoms. The third-order valence-corrected chi connectivity index (χ3v) is 1.28. The number of hydrogen-bond donors (Lipinski definition) is 0. The Morgan fingerprint density at radius 3 is 1.67 bits per heavy atom. The number of hydrogen-bond acceptors (Lipinski definition) is 0. The van der Waals surface area contributed by atoms with E-state index in [0.717, 1.165) is 0 Å². The van der Waals surface area contributed by atoms with Crippen LogP contribution in [0.25, 0.3) is 0 Å². The van der Waals surface area contributed by atoms with Crippen LogP contribution in [-0.2, 0) is 0 Å². The fourth-order valence-corrected chi connectivity index (χ4v) is 0.707. The molecule has 0 nitrogen and oxygen atoms in total. The predicted molar refractivity (Wildman–Crippen MR) is 49.3 cm³/mol. The summed E-state index contributed by atoms with van der Waals surface area (Å²) in [5.41, 5.74) is 0.552. The van der Waals surface area contributed by atoms with Crippen molar-refractivity contribution in [1.82, 2.24) is 0 Å². The molecule has 0 N–H and O–H groups in total. The molecule has 0 saturated heterocycles. The monoisotopic (exact) mass is 194 g/mol. The summed E-state index contributed by atoms with van der Waals surface area (Å²) in [6.45, 7) is 9.12. The van der Waals surface area contributed by atoms with Crippen molar-refractivity contribution in [3.8, 4) is 0 Å². The fourth-order valence-electron chi connectivity index (χ4n) is 0.707. The van der Waals surface area contributed by atoms with Gasteiger partial charge in [0, 0.05) is 0 Å². The van der Waals surface area contributed by atoms with E-state index in [4.69, 9.17) is 0 Å². The minimum absolute atomic E-state index is 0. The Kier molecular flexibility index (Phi) is 7.15. The number of halogens is 1. The average Bonchev–Trinajstić information content (AvgIpc) is 1.59. The maximum atomic E-state index is 2.29. The van der Waals surface area contributed by atoms with E-state index in [1.54, 1.807) is 0 Å². The standard InChI is InChI=1S/C8H18.BrH/c1-5-6-7-8(2,3)4;/h5-7H2,1-4H3;1H. The molecule has 0 saturated carbocycles. The molecular formula is C8H19Br. The third-order valence-electron chi connectivity index (χ3n) is 1.28. The Labute approximate surface area is 69.8 Å². The summed E-state index contributed by atoms with van der Waals surface area (Å²) in [5.74, 6) is 0. The van der Waals surface area contributed by atoms with Gasteiger partial charge in [-0.25, -0.2) is 0 Å². The zero-order chi connectivity index (χ0) is 6.62. The van der Waals surface area contributed by atoms with E-state index in [1.165, 1.54) is 19.3 Å². The van der Waals surface area contributed by atoms with Crippen LogP contribution < -0.4 is 0 Å². The van der Waals surface area contributed by atoms with Crippen molar-refractivity contribution >= 4 is 17.0 Å². The fraction of sp³-hybridized carbons (Fsp3) is 1.00. The minimum atomic E-state index is 0. The predicted octanol–water partition coefficient (Wildman–Crippen LogP) is 3.80. The summed E-state index contributed by atoms with van der Waals surface area (Å²) in [5, 5.41) is 0. The van der Waals surface area contributed by atoms with E-state index < -0.39 is 0 Å². The maximum absolute atomic E-state index is 2.29. The van der Waals surface area contributed by atoms with Gasteiger partial charge in [0.05, 0.1) is 0 Å². The van der Waals surface area contributed by atoms with Gasteiger partial charge in [-0.2, -0.15) is 0 Å². The molecule has 0 rings (SSSR count). The first kappa shape index (κ1) is 12.2. The van der Waals surface area contributed by atoms with E-state index in [9.17, 15) is 0 Å². The molecule has 0 aliphatic heterocycles. The van der Waals surface area contributed by atoms with Crippen LogP contribution in [0.3, 0.4) is 0 Å². The van der Waals surface area contributed by atoms with Gasteiger partial charge in [-0.1, -0.05) is 40.5 Å². The molecule has 0 unspecified atom stereocenters. The molecule has 0 aliphatic rings. The zero-order valence-corrected chi connectivity index (χ0v) is 8.74. The molecule has 0 amide bonds. The molecule has 9 heavy (non-hydrogen) atoms. The van der Waals surface area contributed by atoms with Crippen molar-refractivity contribution in [3.63, 3.8) is 0 Å². The van der Waals surface area contributed by atoms with Crippen LogP contribution in [-0.4, -0.2) is 0 Å². The van der Waals surface area contributed by atoms with Crippen molar-refractivity contribution in [2.75, 3.05) is 0 Å². The van der Waals surface area contributed by atoms with Gasteiger partial charge < -0.3 is 0 Å². The van der Waals surface area contributed by atoms with Gasteiger partial charge in [0.2, 0.25) is 0 Å². The summed E-state index contributed by atoms with van der Waals surface area (Å²) >= 11 is 0. The van der Waals surface area contributed by atoms with Gasteiger partial charge in [-0.15, -0.1) is 17.0 Å². The summed E-state index contributed by atoms with van der Waals surface area (Å²) < 4.78 is 0. The van der Waals surface area contributed by atoms with Crippen LogP contribution in [0.5, 0.6) is 0 Å². The Bertz CT molecular complexity index is 52.1. The number of rotatable bonds is 2. The lowest BCUT2D eigenvalue weighted by molar-refractivity contribution is 0.363. The summed E-state index contributed by atoms with van der Waals surface area (Å²) in [6.07, 6.45) is 4.07. The second-order valence-corrected chi connectivity index (χ2v) is 3.66. The van der Waals surface area contributed by atoms with Crippen LogP contribution in [0, 0.1) is 5.41 Å². The lowest BCUT2D eigenvalue weighted by Crippen LogP contribution is -2.03. The second kappa shape index (κ2) is 5.28. The van der Waals surface area contributed by atoms with Crippen LogP contribution in [0.15, 0.2) is 0 Å². The zero-order valence-electron chi connectivity index (χ0n) is 7.03. The molecule has 1 heteroatoms. The highest BCUT2D eigenvalue weighted by Gasteiger charge is 2.07. The first-order valence-electron chi connectivity index (χ1n) is 3.56. The molecule has 0 spiro atoms. The van der Waals surface area contributed by atoms with Gasteiger partial charge in [0.25, 0.3) is 0 Å². The van der Waals surface area contributed by atoms with Gasteiger partial charge in [0.1, 0.15) is 0 Å². The van der Waals surface area contributed by atoms with Crippen LogP contribution in [0.2, 0.25) is 0 Å². The van der Waals surface area contributed by atoms with Crippen molar-refractivity contribution in [1.29, 1.82) is 0 Å². The first-order chi connectivity index (χ1) is 3.56. The van der Waals surface area contributed by atoms with Gasteiger partial charge >= 0.3 is 0 Å². The van der Waals surface area contributed by atoms with Crippen LogP contribution in [0.4, 0.5) is 0 Å². The highest BCUT2D eigenvalue weighted by molar-refractivity contribution is 8.93. The summed E-state index contributed by atoms with van der Waals surface area (Å²) in [6, 6.07) is 0. The Morgan fingerprint density at radius 1 is 1.11 bits per heavy atom. The quantitative estimate of drug-likeness (QED) is 0.628. The van der Waals surface area contributed by atoms with Crippen molar-refractivity contribution in [3.05, 3.63) is 0 Å². The SMILES string of the molecule is Br.CCCCC(C)(C)C. The van der Waals surface area contributed by atoms with Crippen LogP contribution in [0.1, 0.15) is 47.0 Å². The van der Waals surface area contributed by atoms with E-state index in [1.807, 2.05) is 0 Å². The molecule has 0 fully saturated rings. The van der Waals surface area contributed by atoms with Gasteiger partial charge in [0.15, 0.2) is 0 Å². The van der Waals surface area contributed by atoms with Gasteiger partial charge in [-0.3, -0.25) is 0 Å². The lowest BCUT2D eigenvalue weighted by atomic mass is 9.90. The Hall–Kier alpha value is 0.480. The normalized spacial score (nSPS) is 10.7. The maximum Gasteiger partial charge on any atom is -0.0383 e. The molecule has 0 heterocycles. The smallest absolute Gasteiger partial charge is 0.0383 e. The van der Waals surface area contributed by atoms with Crippen molar-refractivity contribution < 1.29 is 0 Å². The third kappa shape index (κ3) is 11.9. The molecule has 0 aromatic rings. The van der Waals surface area contributed by atoms with Crippen molar-refractivity contribution in [2.45, 2.75) is 47.0 Å². The lowest BCUT2D eigenvalue weighted by Gasteiger charge is -2.16. The highest BCUT2D eigenvalue weighted by atomic mass is 79.9. The molecule has 0 radical (unpaired) electrons. The molecular weight excluding hydrogens is 176 g/mol. The summed E-state index contributed by atoms with van der Waals surface area (Å²) in [7, 11) is 0. The van der Waals surface area contributed by atoms with E-state index in [-0.39, 0.29) is 17.0 Å². The topological polar surface area (TPSA) is 0 Å². The van der Waals surface area contributed by atoms with E-state index in [0.29, 0.717) is 5.41 Å². The number of unbranched alkanes of at least 4 members (excludes halogenated alkanes) is 1. The van der Waals surface area contributed by atoms with Gasteiger partial charge in [-0.05, 0) is 11.8 Å². The highest BCUT2D eigenvalue weighted by Crippen LogP contribution is 2.20. The molecule has 0 aliphatic carbocycles. The largest absolute Gasteiger partial charge is 0.114 e. The molecule has 0 aromatic carbocycles. The molecule has 0 atom stereocenters. The minimum Gasteiger partial charge on any atom is -0.114 e. The second-order valence-electron chi connectivity index (χ2n) is 3.66.